The van der Waals surface area contributed by atoms with Crippen LogP contribution in [-0.4, -0.2) is 55.5 Å². The van der Waals surface area contributed by atoms with Crippen LogP contribution in [0, 0.1) is 6.92 Å². The quantitative estimate of drug-likeness (QED) is 0.553. The highest BCUT2D eigenvalue weighted by Gasteiger charge is 2.17. The van der Waals surface area contributed by atoms with Crippen molar-refractivity contribution in [3.05, 3.63) is 82.0 Å². The molecule has 2 heterocycles. The van der Waals surface area contributed by atoms with Crippen LogP contribution in [0.1, 0.15) is 16.0 Å². The molecular formula is C26H32N4OS. The lowest BCUT2D eigenvalue weighted by atomic mass is 10.2. The molecule has 3 aromatic rings. The number of likely N-dealkylation sites (N-methyl/N-ethyl adjacent to an activating group) is 1. The number of hydrogen-bond donors (Lipinski definition) is 1. The minimum Gasteiger partial charge on any atom is -0.369 e. The van der Waals surface area contributed by atoms with Crippen molar-refractivity contribution in [3.63, 3.8) is 0 Å². The van der Waals surface area contributed by atoms with Gasteiger partial charge in [-0.25, -0.2) is 0 Å². The summed E-state index contributed by atoms with van der Waals surface area (Å²) in [6.07, 6.45) is 0. The van der Waals surface area contributed by atoms with Gasteiger partial charge in [-0.1, -0.05) is 30.3 Å². The van der Waals surface area contributed by atoms with Gasteiger partial charge in [0.25, 0.3) is 0 Å². The number of aryl methyl sites for hydroxylation is 1. The fraction of sp³-hybridized carbons (Fsp3) is 0.346. The number of hydrogen-bond acceptors (Lipinski definition) is 5. The first-order valence-electron chi connectivity index (χ1n) is 11.2. The second kappa shape index (κ2) is 10.8. The molecular weight excluding hydrogens is 416 g/mol. The lowest BCUT2D eigenvalue weighted by Gasteiger charge is -2.36. The molecule has 0 unspecified atom stereocenters. The number of carbonyl (C=O) groups is 1. The second-order valence-electron chi connectivity index (χ2n) is 8.54. The molecule has 1 N–H and O–H groups in total. The minimum atomic E-state index is 0.0176. The maximum absolute atomic E-state index is 12.4. The summed E-state index contributed by atoms with van der Waals surface area (Å²) in [7, 11) is 1.99. The van der Waals surface area contributed by atoms with E-state index in [4.69, 9.17) is 0 Å². The highest BCUT2D eigenvalue weighted by atomic mass is 32.1. The van der Waals surface area contributed by atoms with Crippen LogP contribution in [0.15, 0.2) is 66.0 Å². The summed E-state index contributed by atoms with van der Waals surface area (Å²) in [4.78, 5) is 20.7. The van der Waals surface area contributed by atoms with Gasteiger partial charge in [0.2, 0.25) is 5.91 Å². The largest absolute Gasteiger partial charge is 0.369 e. The maximum Gasteiger partial charge on any atom is 0.238 e. The predicted octanol–water partition coefficient (Wildman–Crippen LogP) is 4.45. The summed E-state index contributed by atoms with van der Waals surface area (Å²) >= 11 is 1.74. The van der Waals surface area contributed by atoms with Crippen molar-refractivity contribution in [2.45, 2.75) is 20.0 Å². The smallest absolute Gasteiger partial charge is 0.238 e. The molecule has 4 rings (SSSR count). The third kappa shape index (κ3) is 6.19. The first-order chi connectivity index (χ1) is 15.6. The Bertz CT molecular complexity index is 994. The van der Waals surface area contributed by atoms with Gasteiger partial charge in [-0.15, -0.1) is 11.3 Å². The molecule has 0 atom stereocenters. The lowest BCUT2D eigenvalue weighted by molar-refractivity contribution is -0.117. The minimum absolute atomic E-state index is 0.0176. The van der Waals surface area contributed by atoms with E-state index in [-0.39, 0.29) is 5.91 Å². The summed E-state index contributed by atoms with van der Waals surface area (Å²) in [5, 5.41) is 5.13. The monoisotopic (exact) mass is 448 g/mol. The van der Waals surface area contributed by atoms with Gasteiger partial charge in [0, 0.05) is 55.5 Å². The Labute approximate surface area is 195 Å². The van der Waals surface area contributed by atoms with E-state index in [1.165, 1.54) is 21.7 Å². The van der Waals surface area contributed by atoms with Gasteiger partial charge in [0.05, 0.1) is 6.54 Å². The highest BCUT2D eigenvalue weighted by Crippen LogP contribution is 2.21. The Balaban J connectivity index is 1.22. The van der Waals surface area contributed by atoms with Crippen molar-refractivity contribution in [2.75, 3.05) is 50.0 Å². The molecule has 1 aliphatic heterocycles. The fourth-order valence-electron chi connectivity index (χ4n) is 4.07. The summed E-state index contributed by atoms with van der Waals surface area (Å²) in [6, 6.07) is 21.0. The molecule has 0 bridgehead atoms. The van der Waals surface area contributed by atoms with Crippen molar-refractivity contribution in [1.29, 1.82) is 0 Å². The molecule has 1 aliphatic rings. The number of thiophene rings is 1. The SMILES string of the molecule is Cc1ccsc1CN(C)CC(=O)Nc1ccc(N2CCN(Cc3ccccc3)CC2)cc1. The Morgan fingerprint density at radius 2 is 1.72 bits per heavy atom. The van der Waals surface area contributed by atoms with Crippen molar-refractivity contribution < 1.29 is 4.79 Å². The Morgan fingerprint density at radius 3 is 2.38 bits per heavy atom. The van der Waals surface area contributed by atoms with Crippen LogP contribution in [0.25, 0.3) is 0 Å². The molecule has 168 valence electrons. The summed E-state index contributed by atoms with van der Waals surface area (Å²) < 4.78 is 0. The van der Waals surface area contributed by atoms with E-state index >= 15 is 0 Å². The molecule has 0 spiro atoms. The van der Waals surface area contributed by atoms with Crippen LogP contribution in [0.4, 0.5) is 11.4 Å². The zero-order valence-electron chi connectivity index (χ0n) is 19.0. The normalized spacial score (nSPS) is 14.7. The topological polar surface area (TPSA) is 38.8 Å². The van der Waals surface area contributed by atoms with Crippen LogP contribution in [-0.2, 0) is 17.9 Å². The highest BCUT2D eigenvalue weighted by molar-refractivity contribution is 7.10. The number of carbonyl (C=O) groups excluding carboxylic acids is 1. The first kappa shape index (κ1) is 22.5. The van der Waals surface area contributed by atoms with Crippen LogP contribution >= 0.6 is 11.3 Å². The summed E-state index contributed by atoms with van der Waals surface area (Å²) in [6.45, 7) is 8.46. The van der Waals surface area contributed by atoms with E-state index in [1.54, 1.807) is 11.3 Å². The first-order valence-corrected chi connectivity index (χ1v) is 12.1. The van der Waals surface area contributed by atoms with E-state index in [1.807, 2.05) is 19.2 Å². The van der Waals surface area contributed by atoms with E-state index < -0.39 is 0 Å². The van der Waals surface area contributed by atoms with E-state index in [0.29, 0.717) is 6.54 Å². The third-order valence-corrected chi connectivity index (χ3v) is 6.94. The fourth-order valence-corrected chi connectivity index (χ4v) is 5.06. The Kier molecular flexibility index (Phi) is 7.58. The Morgan fingerprint density at radius 1 is 1.00 bits per heavy atom. The number of anilines is 2. The average Bonchev–Trinajstić information content (AvgIpc) is 3.19. The van der Waals surface area contributed by atoms with E-state index in [2.05, 4.69) is 80.9 Å². The molecule has 2 aromatic carbocycles. The van der Waals surface area contributed by atoms with E-state index in [0.717, 1.165) is 45.0 Å². The zero-order chi connectivity index (χ0) is 22.3. The predicted molar refractivity (Wildman–Crippen MR) is 134 cm³/mol. The lowest BCUT2D eigenvalue weighted by Crippen LogP contribution is -2.45. The Hall–Kier alpha value is -2.67. The van der Waals surface area contributed by atoms with Crippen LogP contribution in [0.5, 0.6) is 0 Å². The molecule has 0 aliphatic carbocycles. The van der Waals surface area contributed by atoms with Gasteiger partial charge < -0.3 is 10.2 Å². The molecule has 6 heteroatoms. The van der Waals surface area contributed by atoms with Gasteiger partial charge in [-0.3, -0.25) is 14.6 Å². The number of piperazine rings is 1. The molecule has 0 saturated carbocycles. The standard InChI is InChI=1S/C26H32N4OS/c1-21-12-17-32-25(21)19-28(2)20-26(31)27-23-8-10-24(11-9-23)30-15-13-29(14-16-30)18-22-6-4-3-5-7-22/h3-12,17H,13-16,18-20H2,1-2H3,(H,27,31). The van der Waals surface area contributed by atoms with Gasteiger partial charge >= 0.3 is 0 Å². The van der Waals surface area contributed by atoms with Crippen LogP contribution in [0.2, 0.25) is 0 Å². The average molecular weight is 449 g/mol. The zero-order valence-corrected chi connectivity index (χ0v) is 19.8. The van der Waals surface area contributed by atoms with Crippen LogP contribution < -0.4 is 10.2 Å². The van der Waals surface area contributed by atoms with Crippen molar-refractivity contribution in [1.82, 2.24) is 9.80 Å². The van der Waals surface area contributed by atoms with Crippen molar-refractivity contribution >= 4 is 28.6 Å². The van der Waals surface area contributed by atoms with Crippen LogP contribution in [0.3, 0.4) is 0 Å². The molecule has 1 saturated heterocycles. The maximum atomic E-state index is 12.4. The molecule has 0 radical (unpaired) electrons. The number of nitrogens with zero attached hydrogens (tertiary/aromatic N) is 3. The van der Waals surface area contributed by atoms with Gasteiger partial charge in [-0.05, 0) is 60.8 Å². The number of nitrogens with one attached hydrogen (secondary N) is 1. The summed E-state index contributed by atoms with van der Waals surface area (Å²) in [5.41, 5.74) is 4.73. The number of benzene rings is 2. The molecule has 5 nitrogen and oxygen atoms in total. The van der Waals surface area contributed by atoms with Gasteiger partial charge in [0.15, 0.2) is 0 Å². The van der Waals surface area contributed by atoms with Crippen molar-refractivity contribution in [3.8, 4) is 0 Å². The number of amides is 1. The molecule has 1 fully saturated rings. The van der Waals surface area contributed by atoms with Crippen molar-refractivity contribution in [2.24, 2.45) is 0 Å². The number of rotatable bonds is 8. The van der Waals surface area contributed by atoms with Gasteiger partial charge in [0.1, 0.15) is 0 Å². The molecule has 32 heavy (non-hydrogen) atoms. The second-order valence-corrected chi connectivity index (χ2v) is 9.54. The molecule has 1 amide bonds. The van der Waals surface area contributed by atoms with E-state index in [9.17, 15) is 4.79 Å². The summed E-state index contributed by atoms with van der Waals surface area (Å²) in [5.74, 6) is 0.0176. The third-order valence-electron chi connectivity index (χ3n) is 5.93. The molecule has 1 aromatic heterocycles. The van der Waals surface area contributed by atoms with Gasteiger partial charge in [-0.2, -0.15) is 0 Å².